The van der Waals surface area contributed by atoms with Crippen molar-refractivity contribution in [1.29, 1.82) is 0 Å². The number of aryl methyl sites for hydroxylation is 1. The lowest BCUT2D eigenvalue weighted by atomic mass is 10.1. The maximum absolute atomic E-state index is 12.1. The first kappa shape index (κ1) is 20.0. The van der Waals surface area contributed by atoms with Gasteiger partial charge in [-0.1, -0.05) is 12.1 Å². The number of anilines is 1. The quantitative estimate of drug-likeness (QED) is 0.444. The topological polar surface area (TPSA) is 90.7 Å². The van der Waals surface area contributed by atoms with Gasteiger partial charge in [0.15, 0.2) is 11.5 Å². The lowest BCUT2D eigenvalue weighted by Gasteiger charge is -2.13. The van der Waals surface area contributed by atoms with Gasteiger partial charge in [-0.05, 0) is 56.2 Å². The maximum atomic E-state index is 12.1. The van der Waals surface area contributed by atoms with Crippen LogP contribution >= 0.6 is 0 Å². The molecule has 0 saturated carbocycles. The Morgan fingerprint density at radius 2 is 1.93 bits per heavy atom. The van der Waals surface area contributed by atoms with Crippen molar-refractivity contribution in [2.45, 2.75) is 26.9 Å². The van der Waals surface area contributed by atoms with Crippen molar-refractivity contribution in [2.75, 3.05) is 12.4 Å². The fraction of sp³-hybridized carbons (Fsp3) is 0.250. The number of hydrogen-bond acceptors (Lipinski definition) is 5. The summed E-state index contributed by atoms with van der Waals surface area (Å²) in [5.74, 6) is 0.702. The summed E-state index contributed by atoms with van der Waals surface area (Å²) in [4.78, 5) is 22.7. The number of nitro benzene ring substituents is 1. The monoisotopic (exact) mass is 370 g/mol. The number of nitrogens with zero attached hydrogens (tertiary/aromatic N) is 1. The highest BCUT2D eigenvalue weighted by Gasteiger charge is 2.15. The normalized spacial score (nSPS) is 10.9. The highest BCUT2D eigenvalue weighted by molar-refractivity contribution is 6.03. The Labute approximate surface area is 157 Å². The fourth-order valence-electron chi connectivity index (χ4n) is 2.38. The van der Waals surface area contributed by atoms with Crippen LogP contribution in [0, 0.1) is 17.0 Å². The largest absolute Gasteiger partial charge is 0.493 e. The summed E-state index contributed by atoms with van der Waals surface area (Å²) in [6.45, 7) is 5.59. The summed E-state index contributed by atoms with van der Waals surface area (Å²) in [6, 6.07) is 9.93. The number of nitrogens with one attached hydrogen (secondary N) is 1. The van der Waals surface area contributed by atoms with Crippen LogP contribution in [0.3, 0.4) is 0 Å². The first-order valence-electron chi connectivity index (χ1n) is 8.39. The van der Waals surface area contributed by atoms with Crippen molar-refractivity contribution in [1.82, 2.24) is 0 Å². The average Bonchev–Trinajstić information content (AvgIpc) is 2.61. The molecule has 0 heterocycles. The van der Waals surface area contributed by atoms with E-state index in [1.807, 2.05) is 13.8 Å². The van der Waals surface area contributed by atoms with Crippen molar-refractivity contribution in [3.63, 3.8) is 0 Å². The molecule has 0 atom stereocenters. The van der Waals surface area contributed by atoms with Gasteiger partial charge in [0.05, 0.1) is 18.1 Å². The zero-order valence-corrected chi connectivity index (χ0v) is 15.7. The summed E-state index contributed by atoms with van der Waals surface area (Å²) in [5.41, 5.74) is 1.48. The lowest BCUT2D eigenvalue weighted by Crippen LogP contribution is -2.09. The van der Waals surface area contributed by atoms with Crippen LogP contribution in [0.2, 0.25) is 0 Å². The smallest absolute Gasteiger partial charge is 0.293 e. The van der Waals surface area contributed by atoms with Gasteiger partial charge in [0, 0.05) is 12.1 Å². The molecule has 2 rings (SSSR count). The zero-order valence-electron chi connectivity index (χ0n) is 15.7. The van der Waals surface area contributed by atoms with Crippen molar-refractivity contribution in [3.05, 3.63) is 63.7 Å². The van der Waals surface area contributed by atoms with Gasteiger partial charge in [0.2, 0.25) is 5.91 Å². The SMILES string of the molecule is COc1cc(/C=C/C(=O)Nc2ccc(C)cc2[N+](=O)[O-])ccc1OC(C)C. The Bertz CT molecular complexity index is 875. The molecule has 0 spiro atoms. The van der Waals surface area contributed by atoms with Gasteiger partial charge < -0.3 is 14.8 Å². The second-order valence-electron chi connectivity index (χ2n) is 6.18. The number of carbonyl (C=O) groups is 1. The van der Waals surface area contributed by atoms with E-state index in [0.717, 1.165) is 11.1 Å². The molecule has 0 aliphatic rings. The molecule has 0 unspecified atom stereocenters. The Morgan fingerprint density at radius 1 is 1.19 bits per heavy atom. The van der Waals surface area contributed by atoms with Crippen LogP contribution in [0.4, 0.5) is 11.4 Å². The number of methoxy groups -OCH3 is 1. The van der Waals surface area contributed by atoms with E-state index in [2.05, 4.69) is 5.32 Å². The molecule has 0 fully saturated rings. The Kier molecular flexibility index (Phi) is 6.54. The Balaban J connectivity index is 2.14. The minimum absolute atomic E-state index is 0.0105. The van der Waals surface area contributed by atoms with Crippen molar-refractivity contribution < 1.29 is 19.2 Å². The minimum atomic E-state index is -0.523. The van der Waals surface area contributed by atoms with Crippen LogP contribution in [-0.4, -0.2) is 24.0 Å². The molecule has 0 aromatic heterocycles. The molecule has 1 amide bonds. The second kappa shape index (κ2) is 8.84. The van der Waals surface area contributed by atoms with E-state index < -0.39 is 10.8 Å². The molecule has 0 bridgehead atoms. The first-order chi connectivity index (χ1) is 12.8. The Morgan fingerprint density at radius 3 is 2.56 bits per heavy atom. The highest BCUT2D eigenvalue weighted by Crippen LogP contribution is 2.29. The van der Waals surface area contributed by atoms with Crippen molar-refractivity contribution in [2.24, 2.45) is 0 Å². The molecular formula is C20H22N2O5. The van der Waals surface area contributed by atoms with E-state index in [4.69, 9.17) is 9.47 Å². The number of amides is 1. The molecule has 1 N–H and O–H groups in total. The molecule has 142 valence electrons. The van der Waals surface area contributed by atoms with E-state index in [1.165, 1.54) is 18.2 Å². The summed E-state index contributed by atoms with van der Waals surface area (Å²) in [7, 11) is 1.54. The van der Waals surface area contributed by atoms with Crippen LogP contribution in [0.15, 0.2) is 42.5 Å². The fourth-order valence-corrected chi connectivity index (χ4v) is 2.38. The summed E-state index contributed by atoms with van der Waals surface area (Å²) >= 11 is 0. The highest BCUT2D eigenvalue weighted by atomic mass is 16.6. The predicted molar refractivity (Wildman–Crippen MR) is 104 cm³/mol. The number of benzene rings is 2. The number of hydrogen-bond donors (Lipinski definition) is 1. The first-order valence-corrected chi connectivity index (χ1v) is 8.39. The summed E-state index contributed by atoms with van der Waals surface area (Å²) in [5, 5.41) is 13.7. The third-order valence-electron chi connectivity index (χ3n) is 3.59. The van der Waals surface area contributed by atoms with Gasteiger partial charge in [-0.2, -0.15) is 0 Å². The lowest BCUT2D eigenvalue weighted by molar-refractivity contribution is -0.384. The van der Waals surface area contributed by atoms with Crippen LogP contribution in [0.25, 0.3) is 6.08 Å². The van der Waals surface area contributed by atoms with Gasteiger partial charge in [-0.25, -0.2) is 0 Å². The average molecular weight is 370 g/mol. The molecule has 2 aromatic carbocycles. The van der Waals surface area contributed by atoms with Crippen molar-refractivity contribution in [3.8, 4) is 11.5 Å². The molecule has 27 heavy (non-hydrogen) atoms. The summed E-state index contributed by atoms with van der Waals surface area (Å²) < 4.78 is 11.0. The molecule has 0 aliphatic heterocycles. The molecule has 7 nitrogen and oxygen atoms in total. The van der Waals surface area contributed by atoms with Crippen molar-refractivity contribution >= 4 is 23.4 Å². The summed E-state index contributed by atoms with van der Waals surface area (Å²) in [6.07, 6.45) is 2.91. The van der Waals surface area contributed by atoms with E-state index in [1.54, 1.807) is 44.4 Å². The predicted octanol–water partition coefficient (Wildman–Crippen LogP) is 4.35. The van der Waals surface area contributed by atoms with Gasteiger partial charge in [0.25, 0.3) is 5.69 Å². The number of ether oxygens (including phenoxy) is 2. The molecule has 0 radical (unpaired) electrons. The van der Waals surface area contributed by atoms with Crippen LogP contribution < -0.4 is 14.8 Å². The van der Waals surface area contributed by atoms with E-state index in [-0.39, 0.29) is 17.5 Å². The Hall–Kier alpha value is -3.35. The molecule has 7 heteroatoms. The molecular weight excluding hydrogens is 348 g/mol. The molecule has 0 aliphatic carbocycles. The maximum Gasteiger partial charge on any atom is 0.293 e. The molecule has 0 saturated heterocycles. The molecule has 2 aromatic rings. The minimum Gasteiger partial charge on any atom is -0.493 e. The second-order valence-corrected chi connectivity index (χ2v) is 6.18. The number of rotatable bonds is 7. The van der Waals surface area contributed by atoms with Gasteiger partial charge in [-0.3, -0.25) is 14.9 Å². The van der Waals surface area contributed by atoms with Crippen LogP contribution in [0.1, 0.15) is 25.0 Å². The van der Waals surface area contributed by atoms with Gasteiger partial charge in [-0.15, -0.1) is 0 Å². The third kappa shape index (κ3) is 5.57. The zero-order chi connectivity index (χ0) is 20.0. The van der Waals surface area contributed by atoms with E-state index in [9.17, 15) is 14.9 Å². The van der Waals surface area contributed by atoms with Gasteiger partial charge >= 0.3 is 0 Å². The van der Waals surface area contributed by atoms with Crippen LogP contribution in [0.5, 0.6) is 11.5 Å². The standard InChI is InChI=1S/C20H22N2O5/c1-13(2)27-18-9-6-15(12-19(18)26-4)7-10-20(23)21-16-8-5-14(3)11-17(16)22(24)25/h5-13H,1-4H3,(H,21,23)/b10-7+. The van der Waals surface area contributed by atoms with E-state index in [0.29, 0.717) is 11.5 Å². The van der Waals surface area contributed by atoms with Crippen LogP contribution in [-0.2, 0) is 4.79 Å². The number of nitro groups is 1. The van der Waals surface area contributed by atoms with Gasteiger partial charge in [0.1, 0.15) is 5.69 Å². The van der Waals surface area contributed by atoms with E-state index >= 15 is 0 Å². The number of carbonyl (C=O) groups excluding carboxylic acids is 1. The third-order valence-corrected chi connectivity index (χ3v) is 3.59.